The van der Waals surface area contributed by atoms with Crippen molar-refractivity contribution in [3.05, 3.63) is 39.7 Å². The summed E-state index contributed by atoms with van der Waals surface area (Å²) in [6.45, 7) is 6.34. The Hall–Kier alpha value is -2.61. The normalized spacial score (nSPS) is 26.1. The van der Waals surface area contributed by atoms with Gasteiger partial charge in [0.05, 0.1) is 11.7 Å². The van der Waals surface area contributed by atoms with Gasteiger partial charge < -0.3 is 14.5 Å². The predicted molar refractivity (Wildman–Crippen MR) is 144 cm³/mol. The Bertz CT molecular complexity index is 1260. The number of halogens is 1. The molecule has 2 amide bonds. The minimum atomic E-state index is -0.283. The van der Waals surface area contributed by atoms with Crippen LogP contribution in [0, 0.1) is 24.2 Å². The van der Waals surface area contributed by atoms with Crippen LogP contribution < -0.4 is 4.74 Å². The van der Waals surface area contributed by atoms with E-state index in [0.29, 0.717) is 42.6 Å². The molecule has 1 aromatic heterocycles. The van der Waals surface area contributed by atoms with Crippen molar-refractivity contribution in [1.29, 1.82) is 0 Å². The van der Waals surface area contributed by atoms with Crippen LogP contribution in [0.1, 0.15) is 80.4 Å². The van der Waals surface area contributed by atoms with Crippen molar-refractivity contribution in [3.8, 4) is 5.75 Å². The molecule has 6 rings (SSSR count). The molecule has 0 bridgehead atoms. The standard InChI is InChI=1S/C29H38ClN5O3/c1-18-6-4-5-7-20(18)28(37)35-13-10-21-22(30)8-9-25(38-16-23-19(2)33(3)32-31-23)27(21)24(35)15-34-17-29(11-12-29)14-26(34)36/h8-9,18,20,24H,4-7,10-17H2,1-3H3/t18-,20+,24+/m0/s1. The molecule has 0 N–H and O–H groups in total. The van der Waals surface area contributed by atoms with Gasteiger partial charge >= 0.3 is 0 Å². The van der Waals surface area contributed by atoms with Crippen LogP contribution >= 0.6 is 11.6 Å². The average molecular weight is 540 g/mol. The molecule has 4 aliphatic rings. The van der Waals surface area contributed by atoms with E-state index >= 15 is 0 Å². The average Bonchev–Trinajstić information content (AvgIpc) is 3.48. The van der Waals surface area contributed by atoms with Gasteiger partial charge in [-0.2, -0.15) is 0 Å². The number of carbonyl (C=O) groups excluding carboxylic acids is 2. The summed E-state index contributed by atoms with van der Waals surface area (Å²) in [4.78, 5) is 31.3. The van der Waals surface area contributed by atoms with Gasteiger partial charge in [-0.3, -0.25) is 14.3 Å². The second-order valence-corrected chi connectivity index (χ2v) is 12.5. The van der Waals surface area contributed by atoms with Gasteiger partial charge in [0.15, 0.2) is 0 Å². The van der Waals surface area contributed by atoms with Gasteiger partial charge in [0.25, 0.3) is 0 Å². The van der Waals surface area contributed by atoms with Crippen LogP contribution in [0.4, 0.5) is 0 Å². The van der Waals surface area contributed by atoms with E-state index in [4.69, 9.17) is 16.3 Å². The highest BCUT2D eigenvalue weighted by Gasteiger charge is 2.52. The molecule has 0 unspecified atom stereocenters. The number of aromatic nitrogens is 3. The Balaban J connectivity index is 1.36. The zero-order chi connectivity index (χ0) is 26.6. The highest BCUT2D eigenvalue weighted by Crippen LogP contribution is 2.54. The largest absolute Gasteiger partial charge is 0.487 e. The fourth-order valence-corrected chi connectivity index (χ4v) is 7.11. The zero-order valence-corrected chi connectivity index (χ0v) is 23.5. The van der Waals surface area contributed by atoms with E-state index in [2.05, 4.69) is 22.1 Å². The summed E-state index contributed by atoms with van der Waals surface area (Å²) in [5.41, 5.74) is 3.87. The van der Waals surface area contributed by atoms with Crippen LogP contribution in [0.2, 0.25) is 5.02 Å². The Labute approximate surface area is 229 Å². The first-order chi connectivity index (χ1) is 18.3. The van der Waals surface area contributed by atoms with Crippen molar-refractivity contribution < 1.29 is 14.3 Å². The van der Waals surface area contributed by atoms with Crippen LogP contribution in [0.15, 0.2) is 12.1 Å². The van der Waals surface area contributed by atoms with Gasteiger partial charge in [-0.1, -0.05) is 36.6 Å². The number of ether oxygens (including phenoxy) is 1. The van der Waals surface area contributed by atoms with Gasteiger partial charge in [-0.25, -0.2) is 0 Å². The van der Waals surface area contributed by atoms with Gasteiger partial charge in [-0.05, 0) is 68.1 Å². The SMILES string of the molecule is Cc1c(COc2ccc(Cl)c3c2[C@@H](CN2CC4(CC4)CC2=O)N(C(=O)[C@@H]2CCCC[C@@H]2C)CC3)nnn1C. The first-order valence-electron chi connectivity index (χ1n) is 14.1. The third kappa shape index (κ3) is 4.59. The topological polar surface area (TPSA) is 80.6 Å². The maximum absolute atomic E-state index is 14.1. The number of hydrogen-bond acceptors (Lipinski definition) is 5. The number of aryl methyl sites for hydroxylation is 1. The molecule has 1 spiro atoms. The van der Waals surface area contributed by atoms with Crippen molar-refractivity contribution >= 4 is 23.4 Å². The molecule has 1 aromatic carbocycles. The molecule has 2 aliphatic heterocycles. The van der Waals surface area contributed by atoms with Gasteiger partial charge in [0.2, 0.25) is 11.8 Å². The number of nitrogens with zero attached hydrogens (tertiary/aromatic N) is 5. The summed E-state index contributed by atoms with van der Waals surface area (Å²) in [5, 5.41) is 9.05. The molecule has 0 radical (unpaired) electrons. The van der Waals surface area contributed by atoms with E-state index in [-0.39, 0.29) is 35.8 Å². The fourth-order valence-electron chi connectivity index (χ4n) is 6.85. The first-order valence-corrected chi connectivity index (χ1v) is 14.5. The first kappa shape index (κ1) is 25.7. The van der Waals surface area contributed by atoms with Crippen LogP contribution in [0.3, 0.4) is 0 Å². The molecule has 8 nitrogen and oxygen atoms in total. The fraction of sp³-hybridized carbons (Fsp3) is 0.655. The molecule has 204 valence electrons. The summed E-state index contributed by atoms with van der Waals surface area (Å²) in [6.07, 6.45) is 7.87. The minimum absolute atomic E-state index is 0.0302. The van der Waals surface area contributed by atoms with E-state index in [1.54, 1.807) is 4.68 Å². The third-order valence-corrected chi connectivity index (χ3v) is 9.96. The minimum Gasteiger partial charge on any atom is -0.487 e. The molecule has 2 aliphatic carbocycles. The number of carbonyl (C=O) groups is 2. The molecular formula is C29H38ClN5O3. The van der Waals surface area contributed by atoms with Crippen LogP contribution in [-0.2, 0) is 29.7 Å². The second kappa shape index (κ2) is 9.85. The molecular weight excluding hydrogens is 502 g/mol. The van der Waals surface area contributed by atoms with Crippen LogP contribution in [-0.4, -0.2) is 56.2 Å². The second-order valence-electron chi connectivity index (χ2n) is 12.1. The zero-order valence-electron chi connectivity index (χ0n) is 22.7. The van der Waals surface area contributed by atoms with Crippen LogP contribution in [0.5, 0.6) is 5.75 Å². The van der Waals surface area contributed by atoms with Crippen molar-refractivity contribution in [3.63, 3.8) is 0 Å². The molecule has 1 saturated heterocycles. The maximum atomic E-state index is 14.1. The number of fused-ring (bicyclic) bond motifs is 1. The lowest BCUT2D eigenvalue weighted by Crippen LogP contribution is -2.49. The maximum Gasteiger partial charge on any atom is 0.226 e. The summed E-state index contributed by atoms with van der Waals surface area (Å²) < 4.78 is 8.13. The Morgan fingerprint density at radius 1 is 1.24 bits per heavy atom. The molecule has 2 saturated carbocycles. The molecule has 9 heteroatoms. The van der Waals surface area contributed by atoms with Crippen LogP contribution in [0.25, 0.3) is 0 Å². The molecule has 3 fully saturated rings. The van der Waals surface area contributed by atoms with Crippen molar-refractivity contribution in [2.75, 3.05) is 19.6 Å². The van der Waals surface area contributed by atoms with E-state index in [1.807, 2.05) is 31.0 Å². The number of amides is 2. The smallest absolute Gasteiger partial charge is 0.226 e. The monoisotopic (exact) mass is 539 g/mol. The lowest BCUT2D eigenvalue weighted by Gasteiger charge is -2.43. The molecule has 3 heterocycles. The molecule has 2 aromatic rings. The number of rotatable bonds is 6. The highest BCUT2D eigenvalue weighted by molar-refractivity contribution is 6.31. The Morgan fingerprint density at radius 3 is 2.71 bits per heavy atom. The Morgan fingerprint density at radius 2 is 2.03 bits per heavy atom. The summed E-state index contributed by atoms with van der Waals surface area (Å²) in [6, 6.07) is 3.51. The van der Waals surface area contributed by atoms with E-state index in [9.17, 15) is 9.59 Å². The quantitative estimate of drug-likeness (QED) is 0.535. The lowest BCUT2D eigenvalue weighted by molar-refractivity contribution is -0.143. The summed E-state index contributed by atoms with van der Waals surface area (Å²) in [7, 11) is 1.86. The van der Waals surface area contributed by atoms with Crippen molar-refractivity contribution in [2.24, 2.45) is 24.3 Å². The van der Waals surface area contributed by atoms with E-state index in [1.165, 1.54) is 6.42 Å². The third-order valence-electron chi connectivity index (χ3n) is 9.61. The number of benzene rings is 1. The Kier molecular flexibility index (Phi) is 6.65. The lowest BCUT2D eigenvalue weighted by atomic mass is 9.78. The van der Waals surface area contributed by atoms with Crippen molar-refractivity contribution in [2.45, 2.75) is 77.9 Å². The van der Waals surface area contributed by atoms with Gasteiger partial charge in [-0.15, -0.1) is 5.10 Å². The van der Waals surface area contributed by atoms with E-state index < -0.39 is 0 Å². The van der Waals surface area contributed by atoms with Gasteiger partial charge in [0.1, 0.15) is 18.1 Å². The number of likely N-dealkylation sites (tertiary alicyclic amines) is 1. The highest BCUT2D eigenvalue weighted by atomic mass is 35.5. The molecule has 3 atom stereocenters. The summed E-state index contributed by atoms with van der Waals surface area (Å²) in [5.74, 6) is 1.53. The molecule has 38 heavy (non-hydrogen) atoms. The van der Waals surface area contributed by atoms with E-state index in [0.717, 1.165) is 61.2 Å². The summed E-state index contributed by atoms with van der Waals surface area (Å²) >= 11 is 6.76. The number of hydrogen-bond donors (Lipinski definition) is 0. The predicted octanol–water partition coefficient (Wildman–Crippen LogP) is 4.62. The van der Waals surface area contributed by atoms with Crippen molar-refractivity contribution in [1.82, 2.24) is 24.8 Å². The van der Waals surface area contributed by atoms with Gasteiger partial charge in [0, 0.05) is 49.6 Å².